The molecule has 2 aromatic carbocycles. The van der Waals surface area contributed by atoms with E-state index in [0.29, 0.717) is 12.8 Å². The number of imidazole rings is 1. The number of hydrogen-bond donors (Lipinski definition) is 1. The van der Waals surface area contributed by atoms with E-state index >= 15 is 0 Å². The normalized spacial score (nSPS) is 17.0. The molecule has 1 N–H and O–H groups in total. The molecule has 154 valence electrons. The van der Waals surface area contributed by atoms with Crippen LogP contribution in [0, 0.1) is 0 Å². The largest absolute Gasteiger partial charge is 0.326 e. The lowest BCUT2D eigenvalue weighted by atomic mass is 10.1. The molecule has 1 aromatic heterocycles. The molecule has 10 heteroatoms. The highest BCUT2D eigenvalue weighted by Crippen LogP contribution is 2.28. The first-order valence-corrected chi connectivity index (χ1v) is 12.5. The van der Waals surface area contributed by atoms with E-state index < -0.39 is 19.9 Å². The van der Waals surface area contributed by atoms with Crippen molar-refractivity contribution in [3.8, 4) is 0 Å². The molecule has 4 rings (SSSR count). The zero-order valence-corrected chi connectivity index (χ0v) is 17.4. The Bertz CT molecular complexity index is 1330. The highest BCUT2D eigenvalue weighted by Gasteiger charge is 2.31. The number of fused-ring (bicyclic) bond motifs is 1. The van der Waals surface area contributed by atoms with Gasteiger partial charge in [-0.1, -0.05) is 18.2 Å². The van der Waals surface area contributed by atoms with E-state index in [4.69, 9.17) is 0 Å². The molecule has 0 atom stereocenters. The summed E-state index contributed by atoms with van der Waals surface area (Å²) in [6, 6.07) is 12.7. The van der Waals surface area contributed by atoms with E-state index in [1.165, 1.54) is 28.6 Å². The van der Waals surface area contributed by atoms with Crippen molar-refractivity contribution in [3.63, 3.8) is 0 Å². The van der Waals surface area contributed by atoms with Gasteiger partial charge in [0, 0.05) is 25.4 Å². The number of aromatic amines is 1. The number of hydrogen-bond acceptors (Lipinski definition) is 5. The Labute approximate surface area is 168 Å². The van der Waals surface area contributed by atoms with Crippen LogP contribution in [0.2, 0.25) is 0 Å². The Morgan fingerprint density at radius 2 is 1.59 bits per heavy atom. The Kier molecular flexibility index (Phi) is 4.88. The minimum absolute atomic E-state index is 0.0289. The van der Waals surface area contributed by atoms with Crippen LogP contribution in [0.5, 0.6) is 0 Å². The van der Waals surface area contributed by atoms with Crippen molar-refractivity contribution in [2.24, 2.45) is 0 Å². The van der Waals surface area contributed by atoms with Crippen LogP contribution in [0.4, 0.5) is 0 Å². The van der Waals surface area contributed by atoms with Crippen molar-refractivity contribution in [2.75, 3.05) is 19.3 Å². The summed E-state index contributed by atoms with van der Waals surface area (Å²) in [5.74, 6) is 0. The van der Waals surface area contributed by atoms with Gasteiger partial charge >= 0.3 is 5.69 Å². The fourth-order valence-corrected chi connectivity index (χ4v) is 6.05. The fourth-order valence-electron chi connectivity index (χ4n) is 3.79. The number of nitrogens with zero attached hydrogens (tertiary/aromatic N) is 2. The van der Waals surface area contributed by atoms with Gasteiger partial charge in [0.15, 0.2) is 9.84 Å². The predicted molar refractivity (Wildman–Crippen MR) is 109 cm³/mol. The van der Waals surface area contributed by atoms with Gasteiger partial charge in [-0.25, -0.2) is 21.6 Å². The lowest BCUT2D eigenvalue weighted by Crippen LogP contribution is -2.40. The van der Waals surface area contributed by atoms with Crippen LogP contribution >= 0.6 is 0 Å². The molecule has 0 radical (unpaired) electrons. The summed E-state index contributed by atoms with van der Waals surface area (Å²) in [5, 5.41) is 0. The van der Waals surface area contributed by atoms with Crippen LogP contribution in [0.25, 0.3) is 11.0 Å². The van der Waals surface area contributed by atoms with Crippen molar-refractivity contribution >= 4 is 30.9 Å². The summed E-state index contributed by atoms with van der Waals surface area (Å²) in [4.78, 5) is 15.2. The van der Waals surface area contributed by atoms with Crippen LogP contribution in [0.1, 0.15) is 18.9 Å². The number of sulfone groups is 1. The van der Waals surface area contributed by atoms with E-state index in [1.807, 2.05) is 24.3 Å². The quantitative estimate of drug-likeness (QED) is 0.672. The number of sulfonamides is 1. The summed E-state index contributed by atoms with van der Waals surface area (Å²) in [6.45, 7) is 0.504. The van der Waals surface area contributed by atoms with Crippen LogP contribution in [0.3, 0.4) is 0 Å². The van der Waals surface area contributed by atoms with E-state index in [0.717, 1.165) is 17.3 Å². The van der Waals surface area contributed by atoms with Crippen molar-refractivity contribution in [3.05, 3.63) is 59.0 Å². The summed E-state index contributed by atoms with van der Waals surface area (Å²) in [5.41, 5.74) is 1.36. The lowest BCUT2D eigenvalue weighted by molar-refractivity contribution is 0.274. The molecule has 1 aliphatic rings. The first-order valence-electron chi connectivity index (χ1n) is 9.17. The van der Waals surface area contributed by atoms with Gasteiger partial charge in [-0.05, 0) is 43.2 Å². The van der Waals surface area contributed by atoms with Crippen molar-refractivity contribution < 1.29 is 16.8 Å². The second-order valence-corrected chi connectivity index (χ2v) is 11.2. The standard InChI is InChI=1S/C19H21N3O5S2/c1-28(24,25)15-5-4-6-16(13-15)29(26,27)21-11-9-14(10-12-21)22-18-8-3-2-7-17(18)20-19(22)23/h2-8,13-14H,9-12H2,1H3,(H,20,23). The summed E-state index contributed by atoms with van der Waals surface area (Å²) >= 11 is 0. The van der Waals surface area contributed by atoms with E-state index in [9.17, 15) is 21.6 Å². The molecule has 3 aromatic rings. The smallest absolute Gasteiger partial charge is 0.306 e. The van der Waals surface area contributed by atoms with Gasteiger partial charge in [-0.2, -0.15) is 4.31 Å². The number of nitrogens with one attached hydrogen (secondary N) is 1. The monoisotopic (exact) mass is 435 g/mol. The Morgan fingerprint density at radius 3 is 2.28 bits per heavy atom. The SMILES string of the molecule is CS(=O)(=O)c1cccc(S(=O)(=O)N2CCC(n3c(=O)[nH]c4ccccc43)CC2)c1. The summed E-state index contributed by atoms with van der Waals surface area (Å²) in [7, 11) is -7.32. The molecule has 0 saturated carbocycles. The van der Waals surface area contributed by atoms with Crippen LogP contribution in [0.15, 0.2) is 63.1 Å². The lowest BCUT2D eigenvalue weighted by Gasteiger charge is -2.31. The molecule has 8 nitrogen and oxygen atoms in total. The van der Waals surface area contributed by atoms with Crippen LogP contribution in [-0.4, -0.2) is 50.0 Å². The molecule has 1 aliphatic heterocycles. The molecule has 1 fully saturated rings. The maximum absolute atomic E-state index is 13.0. The van der Waals surface area contributed by atoms with Gasteiger partial charge in [-0.15, -0.1) is 0 Å². The first kappa shape index (κ1) is 19.9. The minimum atomic E-state index is -3.82. The topological polar surface area (TPSA) is 109 Å². The van der Waals surface area contributed by atoms with Crippen molar-refractivity contribution in [2.45, 2.75) is 28.7 Å². The fraction of sp³-hybridized carbons (Fsp3) is 0.316. The van der Waals surface area contributed by atoms with E-state index in [2.05, 4.69) is 4.98 Å². The van der Waals surface area contributed by atoms with E-state index in [-0.39, 0.29) is 34.6 Å². The molecular formula is C19H21N3O5S2. The molecule has 0 unspecified atom stereocenters. The maximum Gasteiger partial charge on any atom is 0.326 e. The second-order valence-electron chi connectivity index (χ2n) is 7.20. The molecule has 0 spiro atoms. The number of benzene rings is 2. The van der Waals surface area contributed by atoms with Gasteiger partial charge < -0.3 is 4.98 Å². The van der Waals surface area contributed by atoms with Gasteiger partial charge in [0.2, 0.25) is 10.0 Å². The maximum atomic E-state index is 13.0. The Hall–Kier alpha value is -2.43. The molecule has 29 heavy (non-hydrogen) atoms. The molecular weight excluding hydrogens is 414 g/mol. The zero-order valence-electron chi connectivity index (χ0n) is 15.8. The first-order chi connectivity index (χ1) is 13.7. The molecule has 2 heterocycles. The summed E-state index contributed by atoms with van der Waals surface area (Å²) < 4.78 is 52.6. The third-order valence-corrected chi connectivity index (χ3v) is 8.29. The average Bonchev–Trinajstić information content (AvgIpc) is 3.03. The minimum Gasteiger partial charge on any atom is -0.306 e. The van der Waals surface area contributed by atoms with Gasteiger partial charge in [0.25, 0.3) is 0 Å². The number of rotatable bonds is 4. The molecule has 0 aliphatic carbocycles. The van der Waals surface area contributed by atoms with E-state index in [1.54, 1.807) is 4.57 Å². The molecule has 1 saturated heterocycles. The highest BCUT2D eigenvalue weighted by atomic mass is 32.2. The highest BCUT2D eigenvalue weighted by molar-refractivity contribution is 7.91. The number of H-pyrrole nitrogens is 1. The third kappa shape index (κ3) is 3.63. The van der Waals surface area contributed by atoms with Crippen molar-refractivity contribution in [1.82, 2.24) is 13.9 Å². The Morgan fingerprint density at radius 1 is 0.931 bits per heavy atom. The molecule has 0 amide bonds. The summed E-state index contributed by atoms with van der Waals surface area (Å²) in [6.07, 6.45) is 2.03. The molecule has 0 bridgehead atoms. The van der Waals surface area contributed by atoms with Gasteiger partial charge in [0.1, 0.15) is 0 Å². The van der Waals surface area contributed by atoms with Crippen LogP contribution < -0.4 is 5.69 Å². The average molecular weight is 436 g/mol. The van der Waals surface area contributed by atoms with Gasteiger partial charge in [0.05, 0.1) is 20.8 Å². The predicted octanol–water partition coefficient (Wildman–Crippen LogP) is 1.76. The number of piperidine rings is 1. The zero-order chi connectivity index (χ0) is 20.8. The van der Waals surface area contributed by atoms with Crippen molar-refractivity contribution in [1.29, 1.82) is 0 Å². The third-order valence-electron chi connectivity index (χ3n) is 5.28. The number of aromatic nitrogens is 2. The second kappa shape index (κ2) is 7.12. The van der Waals surface area contributed by atoms with Crippen LogP contribution in [-0.2, 0) is 19.9 Å². The Balaban J connectivity index is 1.58. The number of para-hydroxylation sites is 2. The van der Waals surface area contributed by atoms with Gasteiger partial charge in [-0.3, -0.25) is 4.57 Å².